The predicted octanol–water partition coefficient (Wildman–Crippen LogP) is 3.38. The number of amides is 2. The maximum atomic E-state index is 13.3. The van der Waals surface area contributed by atoms with E-state index in [0.29, 0.717) is 68.6 Å². The first-order valence-corrected chi connectivity index (χ1v) is 16.2. The summed E-state index contributed by atoms with van der Waals surface area (Å²) in [5.74, 6) is 0.895. The summed E-state index contributed by atoms with van der Waals surface area (Å²) in [6.07, 6.45) is 6.70. The maximum Gasteiger partial charge on any atom is 0.252 e. The van der Waals surface area contributed by atoms with Crippen LogP contribution in [0.3, 0.4) is 0 Å². The van der Waals surface area contributed by atoms with Crippen molar-refractivity contribution in [2.24, 2.45) is 7.05 Å². The summed E-state index contributed by atoms with van der Waals surface area (Å²) < 4.78 is 9.49. The van der Waals surface area contributed by atoms with Crippen LogP contribution in [0.1, 0.15) is 59.1 Å². The van der Waals surface area contributed by atoms with Crippen molar-refractivity contribution in [1.29, 1.82) is 0 Å². The van der Waals surface area contributed by atoms with Gasteiger partial charge in [-0.25, -0.2) is 0 Å². The third kappa shape index (κ3) is 8.48. The highest BCUT2D eigenvalue weighted by atomic mass is 35.5. The Balaban J connectivity index is 1.54. The molecule has 0 aliphatic carbocycles. The Morgan fingerprint density at radius 3 is 2.83 bits per heavy atom. The number of halogens is 1. The van der Waals surface area contributed by atoms with Crippen molar-refractivity contribution in [2.45, 2.75) is 65.2 Å². The molecule has 3 aromatic rings. The molecule has 0 saturated carbocycles. The van der Waals surface area contributed by atoms with E-state index in [1.54, 1.807) is 22.5 Å². The number of carbonyl (C=O) groups excluding carboxylic acids is 2. The quantitative estimate of drug-likeness (QED) is 0.433. The number of ether oxygens (including phenoxy) is 1. The number of hydrogen-bond acceptors (Lipinski definition) is 8. The van der Waals surface area contributed by atoms with Crippen LogP contribution in [0.2, 0.25) is 5.15 Å². The van der Waals surface area contributed by atoms with Gasteiger partial charge < -0.3 is 15.4 Å². The molecular formula is C29H41ClN8O3S. The summed E-state index contributed by atoms with van der Waals surface area (Å²) in [6, 6.07) is 4.83. The highest BCUT2D eigenvalue weighted by molar-refractivity contribution is 7.98. The van der Waals surface area contributed by atoms with Crippen molar-refractivity contribution < 1.29 is 14.3 Å². The van der Waals surface area contributed by atoms with Crippen molar-refractivity contribution in [3.05, 3.63) is 57.6 Å². The number of aromatic nitrogens is 5. The second-order valence-corrected chi connectivity index (χ2v) is 11.9. The Labute approximate surface area is 256 Å². The van der Waals surface area contributed by atoms with Gasteiger partial charge in [-0.3, -0.25) is 23.9 Å². The number of benzene rings is 1. The van der Waals surface area contributed by atoms with E-state index in [0.717, 1.165) is 41.1 Å². The molecule has 2 N–H and O–H groups in total. The molecule has 3 heterocycles. The van der Waals surface area contributed by atoms with Crippen LogP contribution in [0.25, 0.3) is 0 Å². The zero-order chi connectivity index (χ0) is 30.1. The highest BCUT2D eigenvalue weighted by Crippen LogP contribution is 2.23. The number of hydrogen-bond donors (Lipinski definition) is 2. The lowest BCUT2D eigenvalue weighted by atomic mass is 10.1. The van der Waals surface area contributed by atoms with Gasteiger partial charge >= 0.3 is 0 Å². The SMILES string of the molecule is CCc1nn(C)c(Cl)c1CN1CCCNC(=O)[C@H](CCSC)NC(=O)c2cc(ccc2C)OCCCn2cc(nn2)C1. The topological polar surface area (TPSA) is 119 Å². The van der Waals surface area contributed by atoms with Gasteiger partial charge in [-0.15, -0.1) is 5.10 Å². The number of thioether (sulfide) groups is 1. The van der Waals surface area contributed by atoms with E-state index in [9.17, 15) is 9.59 Å². The van der Waals surface area contributed by atoms with Gasteiger partial charge in [0.05, 0.1) is 18.0 Å². The van der Waals surface area contributed by atoms with Crippen molar-refractivity contribution in [1.82, 2.24) is 40.3 Å². The van der Waals surface area contributed by atoms with Crippen molar-refractivity contribution in [3.63, 3.8) is 0 Å². The van der Waals surface area contributed by atoms with Crippen LogP contribution < -0.4 is 15.4 Å². The minimum atomic E-state index is -0.632. The third-order valence-corrected chi connectivity index (χ3v) is 8.39. The Morgan fingerprint density at radius 2 is 2.05 bits per heavy atom. The van der Waals surface area contributed by atoms with Gasteiger partial charge in [0.15, 0.2) is 0 Å². The molecule has 42 heavy (non-hydrogen) atoms. The molecule has 2 amide bonds. The molecule has 2 aromatic heterocycles. The zero-order valence-electron chi connectivity index (χ0n) is 24.9. The maximum absolute atomic E-state index is 13.3. The lowest BCUT2D eigenvalue weighted by molar-refractivity contribution is -0.123. The fourth-order valence-electron chi connectivity index (χ4n) is 4.96. The van der Waals surface area contributed by atoms with Gasteiger partial charge in [-0.1, -0.05) is 29.8 Å². The number of rotatable bonds is 6. The lowest BCUT2D eigenvalue weighted by Gasteiger charge is -2.22. The fourth-order valence-corrected chi connectivity index (χ4v) is 5.64. The van der Waals surface area contributed by atoms with Crippen LogP contribution in [0.5, 0.6) is 5.75 Å². The molecular weight excluding hydrogens is 576 g/mol. The molecule has 0 fully saturated rings. The second-order valence-electron chi connectivity index (χ2n) is 10.5. The van der Waals surface area contributed by atoms with Crippen LogP contribution in [0, 0.1) is 6.92 Å². The van der Waals surface area contributed by atoms with Gasteiger partial charge in [-0.05, 0) is 55.9 Å². The first-order valence-electron chi connectivity index (χ1n) is 14.4. The Kier molecular flexibility index (Phi) is 11.7. The number of aryl methyl sites for hydroxylation is 4. The van der Waals surface area contributed by atoms with Gasteiger partial charge in [-0.2, -0.15) is 16.9 Å². The molecule has 228 valence electrons. The zero-order valence-corrected chi connectivity index (χ0v) is 26.4. The Morgan fingerprint density at radius 1 is 1.21 bits per heavy atom. The van der Waals surface area contributed by atoms with Crippen molar-refractivity contribution in [3.8, 4) is 5.75 Å². The monoisotopic (exact) mass is 616 g/mol. The van der Waals surface area contributed by atoms with E-state index >= 15 is 0 Å². The first-order chi connectivity index (χ1) is 20.3. The van der Waals surface area contributed by atoms with Crippen LogP contribution in [0.15, 0.2) is 24.4 Å². The molecule has 0 spiro atoms. The third-order valence-electron chi connectivity index (χ3n) is 7.28. The summed E-state index contributed by atoms with van der Waals surface area (Å²) in [5.41, 5.74) is 4.15. The Hall–Kier alpha value is -3.09. The Bertz CT molecular complexity index is 1360. The summed E-state index contributed by atoms with van der Waals surface area (Å²) in [5, 5.41) is 19.9. The van der Waals surface area contributed by atoms with Gasteiger partial charge in [0.25, 0.3) is 5.91 Å². The van der Waals surface area contributed by atoms with Crippen molar-refractivity contribution in [2.75, 3.05) is 31.7 Å². The van der Waals surface area contributed by atoms with E-state index in [4.69, 9.17) is 16.3 Å². The molecule has 0 saturated heterocycles. The minimum absolute atomic E-state index is 0.185. The fraction of sp³-hybridized carbons (Fsp3) is 0.552. The number of nitrogens with one attached hydrogen (secondary N) is 2. The standard InChI is InChI=1S/C29H41ClN8O3S/c1-5-25-24(27(30)36(3)34-25)19-37-12-6-11-31-29(40)26(10-15-42-4)32-28(39)23-16-22(9-8-20(23)2)41-14-7-13-38-18-21(17-37)33-35-38/h8-9,16,18,26H,5-7,10-15,17,19H2,1-4H3,(H,31,40)(H,32,39)/t26-/m0/s1. The number of nitrogens with zero attached hydrogens (tertiary/aromatic N) is 6. The molecule has 1 aliphatic heterocycles. The molecule has 11 nitrogen and oxygen atoms in total. The second kappa shape index (κ2) is 15.4. The highest BCUT2D eigenvalue weighted by Gasteiger charge is 2.23. The average molecular weight is 617 g/mol. The van der Waals surface area contributed by atoms with E-state index < -0.39 is 6.04 Å². The molecule has 4 rings (SSSR count). The van der Waals surface area contributed by atoms with E-state index in [1.165, 1.54) is 0 Å². The van der Waals surface area contributed by atoms with Crippen LogP contribution in [0.4, 0.5) is 0 Å². The first kappa shape index (κ1) is 31.8. The number of fused-ring (bicyclic) bond motifs is 4. The van der Waals surface area contributed by atoms with E-state index in [-0.39, 0.29) is 11.8 Å². The van der Waals surface area contributed by atoms with Crippen LogP contribution in [-0.4, -0.2) is 79.2 Å². The van der Waals surface area contributed by atoms with Gasteiger partial charge in [0.2, 0.25) is 5.91 Å². The largest absolute Gasteiger partial charge is 0.494 e. The minimum Gasteiger partial charge on any atom is -0.494 e. The number of carbonyl (C=O) groups is 2. The molecule has 1 aliphatic rings. The van der Waals surface area contributed by atoms with Crippen LogP contribution in [-0.2, 0) is 37.9 Å². The van der Waals surface area contributed by atoms with Gasteiger partial charge in [0, 0.05) is 63.5 Å². The smallest absolute Gasteiger partial charge is 0.252 e. The molecule has 1 aromatic carbocycles. The summed E-state index contributed by atoms with van der Waals surface area (Å²) in [7, 11) is 1.85. The van der Waals surface area contributed by atoms with Crippen molar-refractivity contribution >= 4 is 35.2 Å². The molecule has 13 heteroatoms. The van der Waals surface area contributed by atoms with Gasteiger partial charge in [0.1, 0.15) is 16.9 Å². The molecule has 1 atom stereocenters. The summed E-state index contributed by atoms with van der Waals surface area (Å²) in [6.45, 7) is 7.42. The normalized spacial score (nSPS) is 17.8. The molecule has 4 bridgehead atoms. The lowest BCUT2D eigenvalue weighted by Crippen LogP contribution is -2.47. The molecule has 0 unspecified atom stereocenters. The van der Waals surface area contributed by atoms with Crippen LogP contribution >= 0.6 is 23.4 Å². The molecule has 0 radical (unpaired) electrons. The van der Waals surface area contributed by atoms with E-state index in [1.807, 2.05) is 43.2 Å². The predicted molar refractivity (Wildman–Crippen MR) is 165 cm³/mol. The average Bonchev–Trinajstić information content (AvgIpc) is 3.54. The summed E-state index contributed by atoms with van der Waals surface area (Å²) in [4.78, 5) is 28.7. The summed E-state index contributed by atoms with van der Waals surface area (Å²) >= 11 is 8.26. The van der Waals surface area contributed by atoms with E-state index in [2.05, 4.69) is 37.9 Å².